The predicted octanol–water partition coefficient (Wildman–Crippen LogP) is 0.727. The molecule has 0 bridgehead atoms. The Balaban J connectivity index is 1.95. The minimum absolute atomic E-state index is 0.259. The number of aromatic nitrogens is 3. The highest BCUT2D eigenvalue weighted by atomic mass is 16.4. The third kappa shape index (κ3) is 1.91. The van der Waals surface area contributed by atoms with Crippen molar-refractivity contribution in [1.82, 2.24) is 19.5 Å². The fourth-order valence-corrected chi connectivity index (χ4v) is 2.56. The summed E-state index contributed by atoms with van der Waals surface area (Å²) in [6, 6.07) is 2.64. The van der Waals surface area contributed by atoms with E-state index in [1.165, 1.54) is 4.90 Å². The Kier molecular flexibility index (Phi) is 2.89. The maximum absolute atomic E-state index is 12.4. The number of aryl methyl sites for hydroxylation is 1. The topological polar surface area (TPSA) is 87.8 Å². The number of likely N-dealkylation sites (tertiary alicyclic amines) is 1. The van der Waals surface area contributed by atoms with Crippen LogP contribution in [0.3, 0.4) is 0 Å². The van der Waals surface area contributed by atoms with Crippen molar-refractivity contribution in [2.75, 3.05) is 6.54 Å². The van der Waals surface area contributed by atoms with Gasteiger partial charge in [-0.15, -0.1) is 10.2 Å². The van der Waals surface area contributed by atoms with Gasteiger partial charge in [0.15, 0.2) is 5.65 Å². The molecule has 7 nitrogen and oxygen atoms in total. The lowest BCUT2D eigenvalue weighted by Gasteiger charge is -2.21. The second kappa shape index (κ2) is 4.59. The Bertz CT molecular complexity index is 694. The van der Waals surface area contributed by atoms with Crippen LogP contribution in [0.25, 0.3) is 5.65 Å². The van der Waals surface area contributed by atoms with Gasteiger partial charge in [-0.2, -0.15) is 0 Å². The molecule has 0 saturated carbocycles. The summed E-state index contributed by atoms with van der Waals surface area (Å²) in [6.07, 6.45) is 2.88. The van der Waals surface area contributed by atoms with E-state index in [9.17, 15) is 9.59 Å². The van der Waals surface area contributed by atoms with Gasteiger partial charge in [-0.05, 0) is 31.9 Å². The van der Waals surface area contributed by atoms with Crippen LogP contribution in [0.15, 0.2) is 18.3 Å². The van der Waals surface area contributed by atoms with Gasteiger partial charge in [-0.3, -0.25) is 9.20 Å². The lowest BCUT2D eigenvalue weighted by atomic mass is 10.2. The van der Waals surface area contributed by atoms with E-state index in [2.05, 4.69) is 10.2 Å². The first-order chi connectivity index (χ1) is 9.58. The molecule has 1 atom stereocenters. The second-order valence-corrected chi connectivity index (χ2v) is 4.89. The number of aliphatic carboxylic acids is 1. The minimum atomic E-state index is -0.947. The van der Waals surface area contributed by atoms with E-state index in [1.807, 2.05) is 0 Å². The van der Waals surface area contributed by atoms with E-state index in [-0.39, 0.29) is 5.91 Å². The highest BCUT2D eigenvalue weighted by molar-refractivity contribution is 5.97. The SMILES string of the molecule is Cc1nnc2ccc(C(=O)N3CCC[C@H]3C(=O)O)cn12. The summed E-state index contributed by atoms with van der Waals surface area (Å²) in [5.74, 6) is -0.520. The molecule has 0 aliphatic carbocycles. The number of hydrogen-bond donors (Lipinski definition) is 1. The summed E-state index contributed by atoms with van der Waals surface area (Å²) < 4.78 is 1.72. The summed E-state index contributed by atoms with van der Waals surface area (Å²) in [5.41, 5.74) is 1.11. The Morgan fingerprint density at radius 2 is 2.15 bits per heavy atom. The summed E-state index contributed by atoms with van der Waals surface area (Å²) in [6.45, 7) is 2.28. The van der Waals surface area contributed by atoms with Crippen molar-refractivity contribution in [1.29, 1.82) is 0 Å². The van der Waals surface area contributed by atoms with Crippen molar-refractivity contribution in [3.05, 3.63) is 29.7 Å². The highest BCUT2D eigenvalue weighted by Crippen LogP contribution is 2.20. The van der Waals surface area contributed by atoms with E-state index in [0.29, 0.717) is 30.0 Å². The molecule has 1 fully saturated rings. The van der Waals surface area contributed by atoms with E-state index in [0.717, 1.165) is 6.42 Å². The number of amides is 1. The highest BCUT2D eigenvalue weighted by Gasteiger charge is 2.34. The number of hydrogen-bond acceptors (Lipinski definition) is 4. The average Bonchev–Trinajstić information content (AvgIpc) is 3.05. The number of pyridine rings is 1. The molecule has 3 heterocycles. The molecule has 2 aromatic rings. The van der Waals surface area contributed by atoms with Crippen molar-refractivity contribution in [2.24, 2.45) is 0 Å². The Labute approximate surface area is 114 Å². The first kappa shape index (κ1) is 12.6. The summed E-state index contributed by atoms with van der Waals surface area (Å²) in [5, 5.41) is 17.0. The Morgan fingerprint density at radius 3 is 2.90 bits per heavy atom. The largest absolute Gasteiger partial charge is 0.480 e. The average molecular weight is 274 g/mol. The standard InChI is InChI=1S/C13H14N4O3/c1-8-14-15-11-5-4-9(7-17(8)11)12(18)16-6-2-3-10(16)13(19)20/h4-5,7,10H,2-3,6H2,1H3,(H,19,20)/t10-/m0/s1. The lowest BCUT2D eigenvalue weighted by molar-refractivity contribution is -0.141. The Hall–Kier alpha value is -2.44. The number of rotatable bonds is 2. The zero-order chi connectivity index (χ0) is 14.3. The van der Waals surface area contributed by atoms with Crippen LogP contribution in [0.5, 0.6) is 0 Å². The van der Waals surface area contributed by atoms with Gasteiger partial charge in [-0.1, -0.05) is 0 Å². The van der Waals surface area contributed by atoms with Gasteiger partial charge in [0.05, 0.1) is 5.56 Å². The van der Waals surface area contributed by atoms with Crippen molar-refractivity contribution in [2.45, 2.75) is 25.8 Å². The maximum Gasteiger partial charge on any atom is 0.326 e. The van der Waals surface area contributed by atoms with Gasteiger partial charge in [-0.25, -0.2) is 4.79 Å². The zero-order valence-corrected chi connectivity index (χ0v) is 11.0. The summed E-state index contributed by atoms with van der Waals surface area (Å²) in [4.78, 5) is 25.0. The van der Waals surface area contributed by atoms with Crippen LogP contribution in [-0.2, 0) is 4.79 Å². The van der Waals surface area contributed by atoms with Gasteiger partial charge in [0.2, 0.25) is 0 Å². The molecule has 3 rings (SSSR count). The molecule has 0 radical (unpaired) electrons. The molecule has 1 saturated heterocycles. The van der Waals surface area contributed by atoms with Crippen LogP contribution in [0, 0.1) is 6.92 Å². The van der Waals surface area contributed by atoms with Crippen molar-refractivity contribution >= 4 is 17.5 Å². The molecular weight excluding hydrogens is 260 g/mol. The van der Waals surface area contributed by atoms with Crippen molar-refractivity contribution < 1.29 is 14.7 Å². The number of fused-ring (bicyclic) bond motifs is 1. The smallest absolute Gasteiger partial charge is 0.326 e. The lowest BCUT2D eigenvalue weighted by Crippen LogP contribution is -2.40. The van der Waals surface area contributed by atoms with Gasteiger partial charge >= 0.3 is 5.97 Å². The second-order valence-electron chi connectivity index (χ2n) is 4.89. The molecule has 20 heavy (non-hydrogen) atoms. The van der Waals surface area contributed by atoms with Crippen LogP contribution >= 0.6 is 0 Å². The van der Waals surface area contributed by atoms with Gasteiger partial charge < -0.3 is 10.0 Å². The minimum Gasteiger partial charge on any atom is -0.480 e. The third-order valence-electron chi connectivity index (χ3n) is 3.62. The third-order valence-corrected chi connectivity index (χ3v) is 3.62. The first-order valence-electron chi connectivity index (χ1n) is 6.43. The van der Waals surface area contributed by atoms with Crippen molar-refractivity contribution in [3.63, 3.8) is 0 Å². The van der Waals surface area contributed by atoms with Crippen LogP contribution in [0.4, 0.5) is 0 Å². The van der Waals surface area contributed by atoms with Crippen molar-refractivity contribution in [3.8, 4) is 0 Å². The number of carbonyl (C=O) groups is 2. The van der Waals surface area contributed by atoms with Gasteiger partial charge in [0.25, 0.3) is 5.91 Å². The van der Waals surface area contributed by atoms with Gasteiger partial charge in [0.1, 0.15) is 11.9 Å². The van der Waals surface area contributed by atoms with E-state index < -0.39 is 12.0 Å². The molecular formula is C13H14N4O3. The molecule has 7 heteroatoms. The summed E-state index contributed by atoms with van der Waals surface area (Å²) >= 11 is 0. The molecule has 1 amide bonds. The fraction of sp³-hybridized carbons (Fsp3) is 0.385. The predicted molar refractivity (Wildman–Crippen MR) is 69.4 cm³/mol. The van der Waals surface area contributed by atoms with Crippen LogP contribution in [0.2, 0.25) is 0 Å². The molecule has 0 aromatic carbocycles. The van der Waals surface area contributed by atoms with Crippen LogP contribution < -0.4 is 0 Å². The molecule has 0 unspecified atom stereocenters. The van der Waals surface area contributed by atoms with Gasteiger partial charge in [0, 0.05) is 12.7 Å². The van der Waals surface area contributed by atoms with Crippen LogP contribution in [0.1, 0.15) is 29.0 Å². The number of carboxylic acids is 1. The summed E-state index contributed by atoms with van der Waals surface area (Å²) in [7, 11) is 0. The zero-order valence-electron chi connectivity index (χ0n) is 11.0. The molecule has 1 aliphatic heterocycles. The van der Waals surface area contributed by atoms with E-state index in [4.69, 9.17) is 5.11 Å². The molecule has 1 N–H and O–H groups in total. The quantitative estimate of drug-likeness (QED) is 0.872. The van der Waals surface area contributed by atoms with Crippen LogP contribution in [-0.4, -0.2) is 49.1 Å². The normalized spacial score (nSPS) is 18.6. The molecule has 2 aromatic heterocycles. The monoisotopic (exact) mass is 274 g/mol. The number of nitrogens with zero attached hydrogens (tertiary/aromatic N) is 4. The number of carboxylic acid groups (broad SMARTS) is 1. The maximum atomic E-state index is 12.4. The van der Waals surface area contributed by atoms with E-state index >= 15 is 0 Å². The fourth-order valence-electron chi connectivity index (χ4n) is 2.56. The molecule has 0 spiro atoms. The molecule has 104 valence electrons. The Morgan fingerprint density at radius 1 is 1.35 bits per heavy atom. The van der Waals surface area contributed by atoms with E-state index in [1.54, 1.807) is 29.7 Å². The first-order valence-corrected chi connectivity index (χ1v) is 6.43. The number of carbonyl (C=O) groups excluding carboxylic acids is 1. The molecule has 1 aliphatic rings.